The summed E-state index contributed by atoms with van der Waals surface area (Å²) in [6, 6.07) is 7.28. The Labute approximate surface area is 80.4 Å². The fraction of sp³-hybridized carbons (Fsp3) is 0.273. The van der Waals surface area contributed by atoms with Gasteiger partial charge < -0.3 is 5.11 Å². The smallest absolute Gasteiger partial charge is 0.307 e. The molecule has 0 radical (unpaired) electrons. The zero-order chi connectivity index (χ0) is 9.92. The third-order valence-corrected chi connectivity index (χ3v) is 3.32. The van der Waals surface area contributed by atoms with E-state index in [0.717, 1.165) is 5.56 Å². The van der Waals surface area contributed by atoms with E-state index >= 15 is 0 Å². The number of hydrogen-bond acceptors (Lipinski definition) is 2. The number of hydrogen-bond donors (Lipinski definition) is 1. The second-order valence-corrected chi connectivity index (χ2v) is 3.94. The Morgan fingerprint density at radius 1 is 1.43 bits per heavy atom. The molecule has 0 bridgehead atoms. The predicted molar refractivity (Wildman–Crippen MR) is 48.2 cm³/mol. The Morgan fingerprint density at radius 2 is 2.14 bits per heavy atom. The van der Waals surface area contributed by atoms with Crippen molar-refractivity contribution in [2.45, 2.75) is 11.8 Å². The summed E-state index contributed by atoms with van der Waals surface area (Å²) in [6.45, 7) is 0. The zero-order valence-corrected chi connectivity index (χ0v) is 7.36. The quantitative estimate of drug-likeness (QED) is 0.721. The summed E-state index contributed by atoms with van der Waals surface area (Å²) < 4.78 is 0. The van der Waals surface area contributed by atoms with Crippen LogP contribution in [-0.4, -0.2) is 16.9 Å². The number of fused-ring (bicyclic) bond motifs is 2. The monoisotopic (exact) mass is 188 g/mol. The molecule has 0 unspecified atom stereocenters. The second kappa shape index (κ2) is 2.05. The summed E-state index contributed by atoms with van der Waals surface area (Å²) in [6.07, 6.45) is 0.484. The molecular formula is C11H8O3. The lowest BCUT2D eigenvalue weighted by Crippen LogP contribution is -2.37. The Balaban J connectivity index is 2.10. The molecule has 2 aliphatic carbocycles. The first-order chi connectivity index (χ1) is 6.68. The Hall–Kier alpha value is -1.64. The minimum atomic E-state index is -0.854. The van der Waals surface area contributed by atoms with Crippen molar-refractivity contribution in [3.63, 3.8) is 0 Å². The fourth-order valence-corrected chi connectivity index (χ4v) is 2.48. The van der Waals surface area contributed by atoms with E-state index in [4.69, 9.17) is 5.11 Å². The summed E-state index contributed by atoms with van der Waals surface area (Å²) in [5.74, 6) is -1.32. The van der Waals surface area contributed by atoms with Crippen LogP contribution >= 0.6 is 0 Å². The standard InChI is InChI=1S/C11H8O3/c12-9-6-3-1-2-4-7(6)11(9)5-8(11)10(13)14/h1-4,8H,5H2,(H,13,14)/t8-,11-/m1/s1. The maximum Gasteiger partial charge on any atom is 0.307 e. The molecule has 0 heterocycles. The lowest BCUT2D eigenvalue weighted by molar-refractivity contribution is -0.138. The van der Waals surface area contributed by atoms with Crippen molar-refractivity contribution >= 4 is 11.8 Å². The van der Waals surface area contributed by atoms with Crippen LogP contribution in [0.4, 0.5) is 0 Å². The Kier molecular flexibility index (Phi) is 1.14. The molecule has 2 atom stereocenters. The minimum absolute atomic E-state index is 0.0144. The molecule has 2 aliphatic rings. The molecule has 1 aromatic carbocycles. The summed E-state index contributed by atoms with van der Waals surface area (Å²) in [7, 11) is 0. The highest BCUT2D eigenvalue weighted by Crippen LogP contribution is 2.62. The topological polar surface area (TPSA) is 54.4 Å². The maximum absolute atomic E-state index is 11.7. The normalized spacial score (nSPS) is 32.3. The van der Waals surface area contributed by atoms with E-state index in [0.29, 0.717) is 12.0 Å². The van der Waals surface area contributed by atoms with Gasteiger partial charge in [-0.3, -0.25) is 9.59 Å². The molecular weight excluding hydrogens is 180 g/mol. The third-order valence-electron chi connectivity index (χ3n) is 3.32. The van der Waals surface area contributed by atoms with Gasteiger partial charge in [0.05, 0.1) is 11.3 Å². The van der Waals surface area contributed by atoms with Crippen LogP contribution in [0.2, 0.25) is 0 Å². The molecule has 0 amide bonds. The lowest BCUT2D eigenvalue weighted by Gasteiger charge is -2.28. The van der Waals surface area contributed by atoms with Crippen molar-refractivity contribution in [2.75, 3.05) is 0 Å². The highest BCUT2D eigenvalue weighted by atomic mass is 16.4. The number of rotatable bonds is 1. The van der Waals surface area contributed by atoms with E-state index in [1.807, 2.05) is 18.2 Å². The van der Waals surface area contributed by atoms with Gasteiger partial charge in [0.2, 0.25) is 0 Å². The zero-order valence-electron chi connectivity index (χ0n) is 7.36. The molecule has 3 nitrogen and oxygen atoms in total. The largest absolute Gasteiger partial charge is 0.481 e. The number of carbonyl (C=O) groups excluding carboxylic acids is 1. The van der Waals surface area contributed by atoms with E-state index < -0.39 is 17.3 Å². The summed E-state index contributed by atoms with van der Waals surface area (Å²) in [5, 5.41) is 8.85. The fourth-order valence-electron chi connectivity index (χ4n) is 2.48. The van der Waals surface area contributed by atoms with E-state index in [1.165, 1.54) is 0 Å². The molecule has 1 fully saturated rings. The number of aliphatic carboxylic acids is 1. The van der Waals surface area contributed by atoms with Crippen molar-refractivity contribution < 1.29 is 14.7 Å². The van der Waals surface area contributed by atoms with Crippen LogP contribution in [0.15, 0.2) is 24.3 Å². The number of Topliss-reactive ketones (excluding diaryl/α,β-unsaturated/α-hetero) is 1. The van der Waals surface area contributed by atoms with Gasteiger partial charge in [0, 0.05) is 5.56 Å². The van der Waals surface area contributed by atoms with E-state index in [2.05, 4.69) is 0 Å². The number of carbonyl (C=O) groups is 2. The van der Waals surface area contributed by atoms with Gasteiger partial charge in [0.15, 0.2) is 5.78 Å². The van der Waals surface area contributed by atoms with Gasteiger partial charge in [-0.15, -0.1) is 0 Å². The predicted octanol–water partition coefficient (Wildman–Crippen LogP) is 1.23. The molecule has 1 saturated carbocycles. The first-order valence-electron chi connectivity index (χ1n) is 4.55. The van der Waals surface area contributed by atoms with Gasteiger partial charge in [-0.2, -0.15) is 0 Å². The van der Waals surface area contributed by atoms with Crippen LogP contribution in [0.5, 0.6) is 0 Å². The van der Waals surface area contributed by atoms with Crippen molar-refractivity contribution in [3.8, 4) is 0 Å². The van der Waals surface area contributed by atoms with Crippen molar-refractivity contribution in [2.24, 2.45) is 5.92 Å². The van der Waals surface area contributed by atoms with Crippen LogP contribution < -0.4 is 0 Å². The highest BCUT2D eigenvalue weighted by molar-refractivity contribution is 6.18. The van der Waals surface area contributed by atoms with E-state index in [-0.39, 0.29) is 5.78 Å². The first kappa shape index (κ1) is 7.74. The Morgan fingerprint density at radius 3 is 2.79 bits per heavy atom. The van der Waals surface area contributed by atoms with Crippen molar-refractivity contribution in [3.05, 3.63) is 35.4 Å². The van der Waals surface area contributed by atoms with Crippen LogP contribution in [0, 0.1) is 5.92 Å². The van der Waals surface area contributed by atoms with Gasteiger partial charge in [0.1, 0.15) is 0 Å². The Bertz CT molecular complexity index is 463. The average Bonchev–Trinajstić information content (AvgIpc) is 2.95. The SMILES string of the molecule is O=C(O)[C@H]1C[C@]12C(=O)c1ccccc12. The molecule has 14 heavy (non-hydrogen) atoms. The van der Waals surface area contributed by atoms with Gasteiger partial charge in [-0.25, -0.2) is 0 Å². The van der Waals surface area contributed by atoms with E-state index in [1.54, 1.807) is 6.07 Å². The molecule has 1 spiro atoms. The van der Waals surface area contributed by atoms with Crippen LogP contribution in [0.3, 0.4) is 0 Å². The molecule has 1 aromatic rings. The summed E-state index contributed by atoms with van der Waals surface area (Å²) in [4.78, 5) is 22.5. The van der Waals surface area contributed by atoms with Crippen molar-refractivity contribution in [1.82, 2.24) is 0 Å². The molecule has 1 N–H and O–H groups in total. The van der Waals surface area contributed by atoms with E-state index in [9.17, 15) is 9.59 Å². The highest BCUT2D eigenvalue weighted by Gasteiger charge is 2.70. The van der Waals surface area contributed by atoms with Gasteiger partial charge in [-0.05, 0) is 12.0 Å². The van der Waals surface area contributed by atoms with Gasteiger partial charge in [0.25, 0.3) is 0 Å². The third kappa shape index (κ3) is 0.617. The lowest BCUT2D eigenvalue weighted by atomic mass is 9.71. The molecule has 3 heteroatoms. The van der Waals surface area contributed by atoms with Crippen LogP contribution in [0.25, 0.3) is 0 Å². The molecule has 3 rings (SSSR count). The maximum atomic E-state index is 11.7. The van der Waals surface area contributed by atoms with Gasteiger partial charge >= 0.3 is 5.97 Å². The van der Waals surface area contributed by atoms with Gasteiger partial charge in [-0.1, -0.05) is 24.3 Å². The molecule has 70 valence electrons. The number of carboxylic acid groups (broad SMARTS) is 1. The second-order valence-electron chi connectivity index (χ2n) is 3.94. The first-order valence-corrected chi connectivity index (χ1v) is 4.55. The molecule has 0 aliphatic heterocycles. The van der Waals surface area contributed by atoms with Crippen LogP contribution in [-0.2, 0) is 10.2 Å². The summed E-state index contributed by atoms with van der Waals surface area (Å²) >= 11 is 0. The molecule has 0 saturated heterocycles. The average molecular weight is 188 g/mol. The number of benzene rings is 1. The van der Waals surface area contributed by atoms with Crippen LogP contribution in [0.1, 0.15) is 22.3 Å². The number of carboxylic acids is 1. The van der Waals surface area contributed by atoms with Crippen molar-refractivity contribution in [1.29, 1.82) is 0 Å². The molecule has 0 aromatic heterocycles. The summed E-state index contributed by atoms with van der Waals surface area (Å²) in [5.41, 5.74) is 0.997. The number of ketones is 1. The minimum Gasteiger partial charge on any atom is -0.481 e.